The van der Waals surface area contributed by atoms with Gasteiger partial charge in [-0.1, -0.05) is 341 Å². The molecule has 0 saturated heterocycles. The van der Waals surface area contributed by atoms with Crippen LogP contribution in [0.3, 0.4) is 0 Å². The number of esters is 2. The van der Waals surface area contributed by atoms with Crippen LogP contribution in [-0.4, -0.2) is 70.0 Å². The molecule has 0 aromatic heterocycles. The summed E-state index contributed by atoms with van der Waals surface area (Å²) in [5, 5.41) is 0. The van der Waals surface area contributed by atoms with E-state index < -0.39 is 32.5 Å². The molecular weight excluding hydrogens is 1280 g/mol. The zero-order chi connectivity index (χ0) is 74.0. The molecule has 0 radical (unpaired) electrons. The van der Waals surface area contributed by atoms with Crippen molar-refractivity contribution in [1.82, 2.24) is 0 Å². The Morgan fingerprint density at radius 2 is 0.529 bits per heavy atom. The summed E-state index contributed by atoms with van der Waals surface area (Å²) in [6, 6.07) is 0. The predicted octanol–water partition coefficient (Wildman–Crippen LogP) is 26.6. The quantitative estimate of drug-likeness (QED) is 0.0195. The van der Waals surface area contributed by atoms with E-state index in [1.165, 1.54) is 83.5 Å². The largest absolute Gasteiger partial charge is 0.756 e. The normalized spacial score (nSPS) is 14.3. The molecule has 2 atom stereocenters. The van der Waals surface area contributed by atoms with Gasteiger partial charge >= 0.3 is 11.9 Å². The monoisotopic (exact) mass is 1420 g/mol. The lowest BCUT2D eigenvalue weighted by atomic mass is 10.0. The molecule has 102 heavy (non-hydrogen) atoms. The van der Waals surface area contributed by atoms with Crippen molar-refractivity contribution in [3.63, 3.8) is 0 Å². The van der Waals surface area contributed by atoms with Gasteiger partial charge in [-0.2, -0.15) is 0 Å². The first kappa shape index (κ1) is 96.1. The molecule has 0 amide bonds. The molecule has 0 spiro atoms. The summed E-state index contributed by atoms with van der Waals surface area (Å²) in [5.41, 5.74) is 0. The number of ether oxygens (including phenoxy) is 2. The molecule has 9 nitrogen and oxygen atoms in total. The Morgan fingerprint density at radius 1 is 0.304 bits per heavy atom. The van der Waals surface area contributed by atoms with E-state index in [0.717, 1.165) is 161 Å². The van der Waals surface area contributed by atoms with E-state index in [4.69, 9.17) is 18.5 Å². The van der Waals surface area contributed by atoms with Crippen LogP contribution in [-0.2, 0) is 32.7 Å². The number of allylic oxidation sites excluding steroid dienone is 38. The van der Waals surface area contributed by atoms with Gasteiger partial charge in [-0.25, -0.2) is 0 Å². The molecule has 0 N–H and O–H groups in total. The lowest BCUT2D eigenvalue weighted by molar-refractivity contribution is -0.870. The van der Waals surface area contributed by atoms with Gasteiger partial charge in [0.05, 0.1) is 27.7 Å². The number of unbranched alkanes of at least 4 members (excludes halogenated alkanes) is 19. The molecule has 0 fully saturated rings. The van der Waals surface area contributed by atoms with Gasteiger partial charge in [0, 0.05) is 12.8 Å². The highest BCUT2D eigenvalue weighted by molar-refractivity contribution is 7.45. The Bertz CT molecular complexity index is 2580. The summed E-state index contributed by atoms with van der Waals surface area (Å²) in [6.45, 7) is 3.96. The Labute approximate surface area is 626 Å². The average Bonchev–Trinajstić information content (AvgIpc) is 0.913. The van der Waals surface area contributed by atoms with Crippen molar-refractivity contribution in [3.05, 3.63) is 231 Å². The number of carbonyl (C=O) groups is 2. The maximum atomic E-state index is 12.9. The van der Waals surface area contributed by atoms with Crippen LogP contribution in [0.1, 0.15) is 284 Å². The summed E-state index contributed by atoms with van der Waals surface area (Å²) >= 11 is 0. The highest BCUT2D eigenvalue weighted by Crippen LogP contribution is 2.38. The Balaban J connectivity index is 4.11. The van der Waals surface area contributed by atoms with Crippen molar-refractivity contribution in [2.45, 2.75) is 290 Å². The third-order valence-electron chi connectivity index (χ3n) is 16.2. The van der Waals surface area contributed by atoms with Gasteiger partial charge in [0.15, 0.2) is 6.10 Å². The maximum Gasteiger partial charge on any atom is 0.306 e. The van der Waals surface area contributed by atoms with Crippen LogP contribution in [0.4, 0.5) is 0 Å². The summed E-state index contributed by atoms with van der Waals surface area (Å²) in [4.78, 5) is 38.2. The van der Waals surface area contributed by atoms with Gasteiger partial charge in [-0.15, -0.1) is 0 Å². The first-order chi connectivity index (χ1) is 50.0. The summed E-state index contributed by atoms with van der Waals surface area (Å²) in [5.74, 6) is -0.883. The molecule has 572 valence electrons. The minimum atomic E-state index is -4.67. The average molecular weight is 1430 g/mol. The lowest BCUT2D eigenvalue weighted by Crippen LogP contribution is -2.37. The van der Waals surface area contributed by atoms with Crippen molar-refractivity contribution in [1.29, 1.82) is 0 Å². The van der Waals surface area contributed by atoms with Crippen molar-refractivity contribution in [2.75, 3.05) is 47.5 Å². The number of phosphoric ester groups is 1. The van der Waals surface area contributed by atoms with E-state index in [2.05, 4.69) is 245 Å². The van der Waals surface area contributed by atoms with Crippen LogP contribution in [0.15, 0.2) is 231 Å². The SMILES string of the molecule is CC/C=C\C/C=C\C/C=C\C/C=C\C/C=C\C/C=C\C/C=C\C/C=C\C/C=C\C/C=C\C/C=C\CCCCCC(=O)OC(COC(=O)CCCCCCCCCCCCCCCCCC/C=C\C/C=C\C/C=C\C/C=C\C/C=C\C/C=C\C/C=C\C/C=C\CC)COP(=O)([O-])OCC[N+](C)(C)C. The number of hydrogen-bond acceptors (Lipinski definition) is 8. The van der Waals surface area contributed by atoms with Crippen LogP contribution in [0, 0.1) is 0 Å². The standard InChI is InChI=1S/C92H146NO8P/c1-6-8-10-12-14-16-18-20-22-24-26-28-30-32-34-36-38-40-42-44-45-46-47-49-50-52-54-56-58-60-62-64-66-68-70-72-74-76-78-80-82-84-91(94)98-88-90(89-100-102(96,97)99-87-86-93(3,4)5)101-92(95)85-83-81-79-77-75-73-71-69-67-65-63-61-59-57-55-53-51-48-43-41-39-37-35-33-31-29-27-25-23-21-19-17-15-13-11-9-7-2/h8-11,14-17,20-23,26-29,32-35,38-41,44-45,47-49,51,55,57,61,63,67,69,73,75,90H,6-7,12-13,18-19,24-25,30-31,36-37,42-43,46,50,52-54,56,58-60,62,64-66,68,70-72,74,76-89H2,1-5H3/b10-8-,11-9-,16-14-,17-15-,22-20-,23-21-,28-26-,29-27-,34-32-,35-33-,40-38-,41-39-,45-44-,49-47-,51-48-,57-55-,63-61-,69-67-,75-73-. The third-order valence-corrected chi connectivity index (χ3v) is 17.1. The van der Waals surface area contributed by atoms with E-state index in [-0.39, 0.29) is 26.1 Å². The van der Waals surface area contributed by atoms with Gasteiger partial charge in [-0.05, 0) is 161 Å². The fraction of sp³-hybridized carbons (Fsp3) is 0.565. The predicted molar refractivity (Wildman–Crippen MR) is 442 cm³/mol. The van der Waals surface area contributed by atoms with Crippen LogP contribution in [0.2, 0.25) is 0 Å². The minimum absolute atomic E-state index is 0.0486. The van der Waals surface area contributed by atoms with Crippen LogP contribution in [0.25, 0.3) is 0 Å². The van der Waals surface area contributed by atoms with E-state index >= 15 is 0 Å². The number of likely N-dealkylation sites (N-methyl/N-ethyl adjacent to an activating group) is 1. The van der Waals surface area contributed by atoms with E-state index in [1.807, 2.05) is 21.1 Å². The van der Waals surface area contributed by atoms with Crippen LogP contribution >= 0.6 is 7.82 Å². The van der Waals surface area contributed by atoms with Crippen LogP contribution < -0.4 is 4.89 Å². The van der Waals surface area contributed by atoms with Crippen molar-refractivity contribution >= 4 is 19.8 Å². The summed E-state index contributed by atoms with van der Waals surface area (Å²) in [7, 11) is 1.12. The van der Waals surface area contributed by atoms with Crippen molar-refractivity contribution < 1.29 is 42.1 Å². The molecule has 0 aromatic carbocycles. The first-order valence-electron chi connectivity index (χ1n) is 40.1. The van der Waals surface area contributed by atoms with Gasteiger partial charge in [-0.3, -0.25) is 14.2 Å². The second kappa shape index (κ2) is 79.2. The maximum absolute atomic E-state index is 12.9. The molecule has 0 aliphatic heterocycles. The first-order valence-corrected chi connectivity index (χ1v) is 41.6. The van der Waals surface area contributed by atoms with Gasteiger partial charge < -0.3 is 27.9 Å². The fourth-order valence-electron chi connectivity index (χ4n) is 10.1. The lowest BCUT2D eigenvalue weighted by Gasteiger charge is -2.28. The number of rotatable bonds is 71. The molecule has 2 unspecified atom stereocenters. The van der Waals surface area contributed by atoms with Crippen LogP contribution in [0.5, 0.6) is 0 Å². The van der Waals surface area contributed by atoms with Crippen molar-refractivity contribution in [3.8, 4) is 0 Å². The Morgan fingerprint density at radius 3 is 0.794 bits per heavy atom. The number of carbonyl (C=O) groups excluding carboxylic acids is 2. The highest BCUT2D eigenvalue weighted by Gasteiger charge is 2.22. The number of quaternary nitrogens is 1. The fourth-order valence-corrected chi connectivity index (χ4v) is 10.9. The molecule has 0 rings (SSSR count). The molecule has 0 aliphatic carbocycles. The molecule has 0 aliphatic rings. The molecule has 10 heteroatoms. The smallest absolute Gasteiger partial charge is 0.306 e. The number of hydrogen-bond donors (Lipinski definition) is 0. The second-order valence-corrected chi connectivity index (χ2v) is 28.4. The Hall–Kier alpha value is -5.93. The van der Waals surface area contributed by atoms with Crippen molar-refractivity contribution in [2.24, 2.45) is 0 Å². The molecule has 0 bridgehead atoms. The van der Waals surface area contributed by atoms with Gasteiger partial charge in [0.25, 0.3) is 7.82 Å². The summed E-state index contributed by atoms with van der Waals surface area (Å²) < 4.78 is 34.3. The Kier molecular flexibility index (Phi) is 74.6. The third kappa shape index (κ3) is 83.0. The second-order valence-electron chi connectivity index (χ2n) is 27.0. The van der Waals surface area contributed by atoms with E-state index in [9.17, 15) is 19.0 Å². The number of nitrogens with zero attached hydrogens (tertiary/aromatic N) is 1. The molecule has 0 heterocycles. The van der Waals surface area contributed by atoms with E-state index in [1.54, 1.807) is 0 Å². The zero-order valence-corrected chi connectivity index (χ0v) is 66.1. The molecule has 0 saturated carbocycles. The zero-order valence-electron chi connectivity index (χ0n) is 65.2. The van der Waals surface area contributed by atoms with Gasteiger partial charge in [0.2, 0.25) is 0 Å². The summed E-state index contributed by atoms with van der Waals surface area (Å²) in [6.07, 6.45) is 127. The van der Waals surface area contributed by atoms with E-state index in [0.29, 0.717) is 23.9 Å². The minimum Gasteiger partial charge on any atom is -0.756 e. The number of phosphoric acid groups is 1. The van der Waals surface area contributed by atoms with Gasteiger partial charge in [0.1, 0.15) is 19.8 Å². The molecule has 0 aromatic rings. The highest BCUT2D eigenvalue weighted by atomic mass is 31.2. The molecular formula is C92H146NO8P. The topological polar surface area (TPSA) is 111 Å².